The molecule has 0 aromatic rings. The molecular formula is C12H20N2O3. The van der Waals surface area contributed by atoms with Gasteiger partial charge in [0.15, 0.2) is 6.29 Å². The van der Waals surface area contributed by atoms with Gasteiger partial charge < -0.3 is 5.32 Å². The average Bonchev–Trinajstić information content (AvgIpc) is 2.73. The summed E-state index contributed by atoms with van der Waals surface area (Å²) >= 11 is 0. The molecule has 0 aliphatic carbocycles. The lowest BCUT2D eigenvalue weighted by Crippen LogP contribution is -2.48. The number of hydrogen-bond donors (Lipinski definition) is 1. The summed E-state index contributed by atoms with van der Waals surface area (Å²) < 4.78 is 0. The minimum atomic E-state index is -0.654. The predicted molar refractivity (Wildman–Crippen MR) is 63.6 cm³/mol. The smallest absolute Gasteiger partial charge is 0.237 e. The molecule has 0 spiro atoms. The number of ketones is 1. The van der Waals surface area contributed by atoms with Crippen LogP contribution in [-0.4, -0.2) is 48.6 Å². The second kappa shape index (κ2) is 6.49. The number of carbonyl (C=O) groups excluding carboxylic acids is 3. The number of hydrogen-bond acceptors (Lipinski definition) is 4. The molecule has 1 heterocycles. The first kappa shape index (κ1) is 13.8. The van der Waals surface area contributed by atoms with Crippen LogP contribution < -0.4 is 5.32 Å². The van der Waals surface area contributed by atoms with Crippen molar-refractivity contribution >= 4 is 18.0 Å². The number of nitrogens with one attached hydrogen (secondary N) is 1. The first-order valence-corrected chi connectivity index (χ1v) is 6.09. The molecule has 5 nitrogen and oxygen atoms in total. The fourth-order valence-electron chi connectivity index (χ4n) is 2.17. The zero-order valence-corrected chi connectivity index (χ0v) is 10.4. The summed E-state index contributed by atoms with van der Waals surface area (Å²) in [7, 11) is 1.90. The monoisotopic (exact) mass is 240 g/mol. The first-order valence-electron chi connectivity index (χ1n) is 6.09. The van der Waals surface area contributed by atoms with Crippen molar-refractivity contribution in [1.82, 2.24) is 10.2 Å². The average molecular weight is 240 g/mol. The fraction of sp³-hybridized carbons (Fsp3) is 0.750. The molecule has 0 saturated carbocycles. The van der Waals surface area contributed by atoms with Crippen LogP contribution in [0.4, 0.5) is 0 Å². The van der Waals surface area contributed by atoms with E-state index in [4.69, 9.17) is 0 Å². The Morgan fingerprint density at radius 3 is 2.71 bits per heavy atom. The van der Waals surface area contributed by atoms with Gasteiger partial charge in [-0.1, -0.05) is 13.3 Å². The van der Waals surface area contributed by atoms with Crippen molar-refractivity contribution in [1.29, 1.82) is 0 Å². The fourth-order valence-corrected chi connectivity index (χ4v) is 2.17. The molecule has 1 aliphatic heterocycles. The second-order valence-electron chi connectivity index (χ2n) is 4.51. The lowest BCUT2D eigenvalue weighted by molar-refractivity contribution is -0.134. The standard InChI is InChI=1S/C12H20N2O3/c1-3-5-9(11(16)8-15)13-12(17)10-6-4-7-14(10)2/h8-10H,3-7H2,1-2H3,(H,13,17). The molecule has 1 amide bonds. The normalized spacial score (nSPS) is 22.1. The number of aldehydes is 1. The highest BCUT2D eigenvalue weighted by Crippen LogP contribution is 2.15. The number of likely N-dealkylation sites (N-methyl/N-ethyl adjacent to an activating group) is 1. The third-order valence-corrected chi connectivity index (χ3v) is 3.18. The van der Waals surface area contributed by atoms with E-state index in [-0.39, 0.29) is 11.9 Å². The molecule has 2 atom stereocenters. The molecule has 0 radical (unpaired) electrons. The van der Waals surface area contributed by atoms with Crippen molar-refractivity contribution in [2.45, 2.75) is 44.7 Å². The molecule has 1 aliphatic rings. The highest BCUT2D eigenvalue weighted by atomic mass is 16.2. The van der Waals surface area contributed by atoms with Gasteiger partial charge in [0.2, 0.25) is 11.7 Å². The largest absolute Gasteiger partial charge is 0.344 e. The third kappa shape index (κ3) is 3.63. The van der Waals surface area contributed by atoms with Crippen molar-refractivity contribution in [3.63, 3.8) is 0 Å². The molecule has 17 heavy (non-hydrogen) atoms. The number of rotatable bonds is 6. The van der Waals surface area contributed by atoms with Crippen molar-refractivity contribution in [3.05, 3.63) is 0 Å². The van der Waals surface area contributed by atoms with Gasteiger partial charge in [-0.3, -0.25) is 19.3 Å². The van der Waals surface area contributed by atoms with Crippen molar-refractivity contribution < 1.29 is 14.4 Å². The minimum Gasteiger partial charge on any atom is -0.344 e. The van der Waals surface area contributed by atoms with Crippen LogP contribution in [0, 0.1) is 0 Å². The van der Waals surface area contributed by atoms with Crippen LogP contribution in [0.2, 0.25) is 0 Å². The number of likely N-dealkylation sites (tertiary alicyclic amines) is 1. The Bertz CT molecular complexity index is 304. The van der Waals surface area contributed by atoms with Gasteiger partial charge in [0, 0.05) is 0 Å². The maximum atomic E-state index is 11.9. The van der Waals surface area contributed by atoms with Gasteiger partial charge in [-0.2, -0.15) is 0 Å². The van der Waals surface area contributed by atoms with Gasteiger partial charge in [-0.25, -0.2) is 0 Å². The van der Waals surface area contributed by atoms with Crippen LogP contribution in [0.5, 0.6) is 0 Å². The van der Waals surface area contributed by atoms with E-state index in [0.29, 0.717) is 12.7 Å². The molecular weight excluding hydrogens is 220 g/mol. The van der Waals surface area contributed by atoms with E-state index in [2.05, 4.69) is 5.32 Å². The summed E-state index contributed by atoms with van der Waals surface area (Å²) in [5, 5.41) is 2.68. The quantitative estimate of drug-likeness (QED) is 0.529. The van der Waals surface area contributed by atoms with E-state index >= 15 is 0 Å². The Kier molecular flexibility index (Phi) is 5.28. The lowest BCUT2D eigenvalue weighted by atomic mass is 10.1. The zero-order chi connectivity index (χ0) is 12.8. The molecule has 0 bridgehead atoms. The maximum Gasteiger partial charge on any atom is 0.237 e. The number of nitrogens with zero attached hydrogens (tertiary/aromatic N) is 1. The number of carbonyl (C=O) groups is 3. The maximum absolute atomic E-state index is 11.9. The second-order valence-corrected chi connectivity index (χ2v) is 4.51. The van der Waals surface area contributed by atoms with E-state index in [1.54, 1.807) is 0 Å². The lowest BCUT2D eigenvalue weighted by Gasteiger charge is -2.21. The minimum absolute atomic E-state index is 0.140. The Morgan fingerprint density at radius 2 is 2.24 bits per heavy atom. The molecule has 1 N–H and O–H groups in total. The highest BCUT2D eigenvalue weighted by molar-refractivity contribution is 6.27. The summed E-state index contributed by atoms with van der Waals surface area (Å²) in [5.41, 5.74) is 0. The number of Topliss-reactive ketones (excluding diaryl/α,β-unsaturated/α-hetero) is 1. The van der Waals surface area contributed by atoms with Crippen LogP contribution in [0.25, 0.3) is 0 Å². The van der Waals surface area contributed by atoms with Crippen molar-refractivity contribution in [2.24, 2.45) is 0 Å². The van der Waals surface area contributed by atoms with E-state index in [1.807, 2.05) is 18.9 Å². The van der Waals surface area contributed by atoms with Gasteiger partial charge in [0.1, 0.15) is 0 Å². The molecule has 1 rings (SSSR count). The molecule has 1 fully saturated rings. The van der Waals surface area contributed by atoms with Crippen molar-refractivity contribution in [3.8, 4) is 0 Å². The van der Waals surface area contributed by atoms with E-state index in [9.17, 15) is 14.4 Å². The predicted octanol–water partition coefficient (Wildman–Crippen LogP) is 0.133. The summed E-state index contributed by atoms with van der Waals surface area (Å²) in [6.07, 6.45) is 3.37. The van der Waals surface area contributed by atoms with Crippen molar-refractivity contribution in [2.75, 3.05) is 13.6 Å². The van der Waals surface area contributed by atoms with Crippen LogP contribution in [-0.2, 0) is 14.4 Å². The van der Waals surface area contributed by atoms with Gasteiger partial charge in [0.05, 0.1) is 12.1 Å². The first-order chi connectivity index (χ1) is 8.10. The van der Waals surface area contributed by atoms with Crippen LogP contribution in [0.1, 0.15) is 32.6 Å². The van der Waals surface area contributed by atoms with E-state index < -0.39 is 11.8 Å². The molecule has 1 saturated heterocycles. The topological polar surface area (TPSA) is 66.5 Å². The molecule has 5 heteroatoms. The Hall–Kier alpha value is -1.23. The summed E-state index contributed by atoms with van der Waals surface area (Å²) in [6.45, 7) is 2.82. The molecule has 2 unspecified atom stereocenters. The zero-order valence-electron chi connectivity index (χ0n) is 10.4. The third-order valence-electron chi connectivity index (χ3n) is 3.18. The van der Waals surface area contributed by atoms with Crippen LogP contribution in [0.3, 0.4) is 0 Å². The van der Waals surface area contributed by atoms with Crippen LogP contribution in [0.15, 0.2) is 0 Å². The van der Waals surface area contributed by atoms with Crippen LogP contribution >= 0.6 is 0 Å². The van der Waals surface area contributed by atoms with Gasteiger partial charge in [-0.05, 0) is 32.9 Å². The van der Waals surface area contributed by atoms with Gasteiger partial charge in [0.25, 0.3) is 0 Å². The molecule has 0 aromatic carbocycles. The number of amides is 1. The summed E-state index contributed by atoms with van der Waals surface area (Å²) in [4.78, 5) is 35.7. The van der Waals surface area contributed by atoms with Gasteiger partial charge >= 0.3 is 0 Å². The SMILES string of the molecule is CCCC(NC(=O)C1CCCN1C)C(=O)C=O. The van der Waals surface area contributed by atoms with E-state index in [1.165, 1.54) is 0 Å². The molecule has 0 aromatic heterocycles. The van der Waals surface area contributed by atoms with Gasteiger partial charge in [-0.15, -0.1) is 0 Å². The Labute approximate surface area is 102 Å². The summed E-state index contributed by atoms with van der Waals surface area (Å²) in [6, 6.07) is -0.812. The Morgan fingerprint density at radius 1 is 1.53 bits per heavy atom. The highest BCUT2D eigenvalue weighted by Gasteiger charge is 2.30. The van der Waals surface area contributed by atoms with E-state index in [0.717, 1.165) is 25.8 Å². The molecule has 96 valence electrons. The Balaban J connectivity index is 2.57. The summed E-state index contributed by atoms with van der Waals surface area (Å²) in [5.74, 6) is -0.681.